The van der Waals surface area contributed by atoms with E-state index in [1.54, 1.807) is 17.0 Å². The van der Waals surface area contributed by atoms with Gasteiger partial charge in [0.2, 0.25) is 11.8 Å². The van der Waals surface area contributed by atoms with E-state index in [1.807, 2.05) is 32.9 Å². The van der Waals surface area contributed by atoms with E-state index in [0.29, 0.717) is 12.4 Å². The van der Waals surface area contributed by atoms with Crippen molar-refractivity contribution in [3.63, 3.8) is 0 Å². The number of carbonyl (C=O) groups excluding carboxylic acids is 2. The monoisotopic (exact) mass is 301 g/mol. The highest BCUT2D eigenvalue weighted by Crippen LogP contribution is 2.19. The van der Waals surface area contributed by atoms with Gasteiger partial charge in [0.1, 0.15) is 5.82 Å². The molecule has 1 saturated heterocycles. The number of aromatic nitrogens is 1. The van der Waals surface area contributed by atoms with Gasteiger partial charge in [-0.3, -0.25) is 9.59 Å². The van der Waals surface area contributed by atoms with Crippen LogP contribution in [0.2, 0.25) is 0 Å². The molecule has 0 aliphatic carbocycles. The summed E-state index contributed by atoms with van der Waals surface area (Å²) in [6.07, 6.45) is 3.28. The Balaban J connectivity index is 1.98. The molecule has 1 aliphatic rings. The Morgan fingerprint density at radius 3 is 2.82 bits per heavy atom. The number of hydrogen-bond donors (Lipinski definition) is 1. The molecule has 1 aromatic heterocycles. The highest BCUT2D eigenvalue weighted by Gasteiger charge is 2.27. The third-order valence-electron chi connectivity index (χ3n) is 3.66. The van der Waals surface area contributed by atoms with Crippen LogP contribution in [0.15, 0.2) is 29.8 Å². The molecule has 0 saturated carbocycles. The number of hydrogen-bond acceptors (Lipinski definition) is 3. The van der Waals surface area contributed by atoms with Crippen LogP contribution in [-0.2, 0) is 9.59 Å². The van der Waals surface area contributed by atoms with Crippen LogP contribution in [0.5, 0.6) is 0 Å². The number of pyridine rings is 1. The zero-order valence-electron chi connectivity index (χ0n) is 13.4. The molecule has 0 aromatic carbocycles. The third-order valence-corrected chi connectivity index (χ3v) is 3.66. The van der Waals surface area contributed by atoms with E-state index in [0.717, 1.165) is 30.7 Å². The van der Waals surface area contributed by atoms with Crippen molar-refractivity contribution >= 4 is 17.6 Å². The number of allylic oxidation sites excluding steroid dienone is 1. The van der Waals surface area contributed by atoms with Gasteiger partial charge in [-0.25, -0.2) is 4.98 Å². The fourth-order valence-corrected chi connectivity index (χ4v) is 2.57. The standard InChI is InChI=1S/C17H23N3O2/c1-12(2)10-16(21)20-9-5-7-14(11-20)17(22)19-15-8-4-6-13(3)18-15/h4,6,8,10,14H,5,7,9,11H2,1-3H3,(H,18,19,22). The summed E-state index contributed by atoms with van der Waals surface area (Å²) in [5.41, 5.74) is 1.84. The number of anilines is 1. The van der Waals surface area contributed by atoms with Gasteiger partial charge in [0.25, 0.3) is 0 Å². The van der Waals surface area contributed by atoms with Gasteiger partial charge in [-0.2, -0.15) is 0 Å². The first-order chi connectivity index (χ1) is 10.5. The third kappa shape index (κ3) is 4.41. The number of nitrogens with one attached hydrogen (secondary N) is 1. The lowest BCUT2D eigenvalue weighted by Gasteiger charge is -2.31. The predicted molar refractivity (Wildman–Crippen MR) is 86.3 cm³/mol. The van der Waals surface area contributed by atoms with Crippen LogP contribution in [0, 0.1) is 12.8 Å². The average Bonchev–Trinajstić information content (AvgIpc) is 2.46. The minimum atomic E-state index is -0.175. The number of piperidine rings is 1. The van der Waals surface area contributed by atoms with E-state index in [1.165, 1.54) is 0 Å². The van der Waals surface area contributed by atoms with E-state index in [2.05, 4.69) is 10.3 Å². The number of carbonyl (C=O) groups is 2. The molecule has 1 fully saturated rings. The Hall–Kier alpha value is -2.17. The number of amides is 2. The van der Waals surface area contributed by atoms with Gasteiger partial charge in [0.05, 0.1) is 5.92 Å². The van der Waals surface area contributed by atoms with Crippen LogP contribution in [-0.4, -0.2) is 34.8 Å². The normalized spacial score (nSPS) is 17.8. The number of rotatable bonds is 3. The molecule has 1 N–H and O–H groups in total. The Kier molecular flexibility index (Phi) is 5.31. The first kappa shape index (κ1) is 16.2. The highest BCUT2D eigenvalue weighted by atomic mass is 16.2. The van der Waals surface area contributed by atoms with Crippen molar-refractivity contribution in [1.29, 1.82) is 0 Å². The largest absolute Gasteiger partial charge is 0.338 e. The minimum Gasteiger partial charge on any atom is -0.338 e. The van der Waals surface area contributed by atoms with Gasteiger partial charge in [-0.15, -0.1) is 0 Å². The van der Waals surface area contributed by atoms with Crippen molar-refractivity contribution in [2.75, 3.05) is 18.4 Å². The lowest BCUT2D eigenvalue weighted by atomic mass is 9.97. The minimum absolute atomic E-state index is 0.00817. The maximum absolute atomic E-state index is 12.4. The summed E-state index contributed by atoms with van der Waals surface area (Å²) in [7, 11) is 0. The number of aryl methyl sites for hydroxylation is 1. The van der Waals surface area contributed by atoms with Crippen LogP contribution in [0.3, 0.4) is 0 Å². The van der Waals surface area contributed by atoms with Crippen LogP contribution in [0.4, 0.5) is 5.82 Å². The molecule has 0 bridgehead atoms. The fraction of sp³-hybridized carbons (Fsp3) is 0.471. The summed E-state index contributed by atoms with van der Waals surface area (Å²) in [5.74, 6) is 0.322. The second-order valence-corrected chi connectivity index (χ2v) is 6.00. The summed E-state index contributed by atoms with van der Waals surface area (Å²) >= 11 is 0. The molecule has 1 aromatic rings. The second kappa shape index (κ2) is 7.20. The van der Waals surface area contributed by atoms with E-state index in [4.69, 9.17) is 0 Å². The van der Waals surface area contributed by atoms with Crippen molar-refractivity contribution in [2.45, 2.75) is 33.6 Å². The molecule has 118 valence electrons. The topological polar surface area (TPSA) is 62.3 Å². The summed E-state index contributed by atoms with van der Waals surface area (Å²) in [6.45, 7) is 6.87. The molecule has 2 heterocycles. The molecule has 1 unspecified atom stereocenters. The van der Waals surface area contributed by atoms with Crippen molar-refractivity contribution in [3.05, 3.63) is 35.5 Å². The Morgan fingerprint density at radius 2 is 2.14 bits per heavy atom. The number of likely N-dealkylation sites (tertiary alicyclic amines) is 1. The van der Waals surface area contributed by atoms with Gasteiger partial charge in [-0.1, -0.05) is 11.6 Å². The zero-order chi connectivity index (χ0) is 16.1. The summed E-state index contributed by atoms with van der Waals surface area (Å²) < 4.78 is 0. The van der Waals surface area contributed by atoms with E-state index in [-0.39, 0.29) is 17.7 Å². The molecule has 22 heavy (non-hydrogen) atoms. The van der Waals surface area contributed by atoms with Gasteiger partial charge in [-0.05, 0) is 45.7 Å². The fourth-order valence-electron chi connectivity index (χ4n) is 2.57. The maximum Gasteiger partial charge on any atom is 0.246 e. The summed E-state index contributed by atoms with van der Waals surface area (Å²) in [6, 6.07) is 5.53. The highest BCUT2D eigenvalue weighted by molar-refractivity contribution is 5.93. The molecule has 0 radical (unpaired) electrons. The lowest BCUT2D eigenvalue weighted by Crippen LogP contribution is -2.43. The zero-order valence-corrected chi connectivity index (χ0v) is 13.4. The molecule has 2 amide bonds. The summed E-state index contributed by atoms with van der Waals surface area (Å²) in [4.78, 5) is 30.5. The molecule has 5 heteroatoms. The van der Waals surface area contributed by atoms with Gasteiger partial charge in [0.15, 0.2) is 0 Å². The molecule has 1 atom stereocenters. The van der Waals surface area contributed by atoms with Crippen molar-refractivity contribution < 1.29 is 9.59 Å². The van der Waals surface area contributed by atoms with Gasteiger partial charge in [0, 0.05) is 24.9 Å². The Morgan fingerprint density at radius 1 is 1.36 bits per heavy atom. The molecular weight excluding hydrogens is 278 g/mol. The second-order valence-electron chi connectivity index (χ2n) is 6.00. The molecular formula is C17H23N3O2. The van der Waals surface area contributed by atoms with Gasteiger partial charge < -0.3 is 10.2 Å². The Bertz CT molecular complexity index is 591. The van der Waals surface area contributed by atoms with Crippen LogP contribution < -0.4 is 5.32 Å². The number of nitrogens with zero attached hydrogens (tertiary/aromatic N) is 2. The quantitative estimate of drug-likeness (QED) is 0.873. The van der Waals surface area contributed by atoms with E-state index in [9.17, 15) is 9.59 Å². The average molecular weight is 301 g/mol. The maximum atomic E-state index is 12.4. The van der Waals surface area contributed by atoms with Crippen molar-refractivity contribution in [2.24, 2.45) is 5.92 Å². The molecule has 2 rings (SSSR count). The predicted octanol–water partition coefficient (Wildman–Crippen LogP) is 2.53. The molecule has 1 aliphatic heterocycles. The van der Waals surface area contributed by atoms with E-state index >= 15 is 0 Å². The lowest BCUT2D eigenvalue weighted by molar-refractivity contribution is -0.130. The smallest absolute Gasteiger partial charge is 0.246 e. The molecule has 0 spiro atoms. The first-order valence-electron chi connectivity index (χ1n) is 7.64. The SMILES string of the molecule is CC(C)=CC(=O)N1CCCC(C(=O)Nc2cccc(C)n2)C1. The van der Waals surface area contributed by atoms with E-state index < -0.39 is 0 Å². The first-order valence-corrected chi connectivity index (χ1v) is 7.64. The summed E-state index contributed by atoms with van der Waals surface area (Å²) in [5, 5.41) is 2.85. The van der Waals surface area contributed by atoms with Crippen molar-refractivity contribution in [1.82, 2.24) is 9.88 Å². The Labute approximate surface area is 131 Å². The van der Waals surface area contributed by atoms with Gasteiger partial charge >= 0.3 is 0 Å². The van der Waals surface area contributed by atoms with Crippen LogP contribution in [0.25, 0.3) is 0 Å². The van der Waals surface area contributed by atoms with Crippen molar-refractivity contribution in [3.8, 4) is 0 Å². The molecule has 5 nitrogen and oxygen atoms in total. The van der Waals surface area contributed by atoms with Crippen LogP contribution in [0.1, 0.15) is 32.4 Å². The van der Waals surface area contributed by atoms with Crippen LogP contribution >= 0.6 is 0 Å².